The average molecular weight is 512 g/mol. The maximum Gasteiger partial charge on any atom is 0.408 e. The highest BCUT2D eigenvalue weighted by Gasteiger charge is 2.30. The zero-order chi connectivity index (χ0) is 27.4. The molecule has 0 bridgehead atoms. The van der Waals surface area contributed by atoms with Crippen LogP contribution in [0.3, 0.4) is 0 Å². The zero-order valence-corrected chi connectivity index (χ0v) is 21.1. The van der Waals surface area contributed by atoms with E-state index in [2.05, 4.69) is 20.9 Å². The van der Waals surface area contributed by atoms with Crippen molar-refractivity contribution < 1.29 is 28.7 Å². The van der Waals surface area contributed by atoms with Gasteiger partial charge < -0.3 is 26.4 Å². The monoisotopic (exact) mass is 511 g/mol. The van der Waals surface area contributed by atoms with Crippen LogP contribution in [0.1, 0.15) is 38.3 Å². The van der Waals surface area contributed by atoms with E-state index < -0.39 is 47.7 Å². The number of nitrogens with zero attached hydrogens (tertiary/aromatic N) is 1. The number of amides is 4. The number of primary amides is 1. The van der Waals surface area contributed by atoms with Crippen LogP contribution in [0.25, 0.3) is 0 Å². The average Bonchev–Trinajstić information content (AvgIpc) is 2.87. The summed E-state index contributed by atoms with van der Waals surface area (Å²) in [7, 11) is 0. The van der Waals surface area contributed by atoms with Crippen LogP contribution in [-0.2, 0) is 36.9 Å². The molecule has 2 rings (SSSR count). The minimum Gasteiger partial charge on any atom is -0.445 e. The largest absolute Gasteiger partial charge is 0.445 e. The van der Waals surface area contributed by atoms with E-state index in [1.54, 1.807) is 24.3 Å². The fraction of sp³-hybridized carbons (Fsp3) is 0.385. The molecule has 1 unspecified atom stereocenters. The first-order valence-corrected chi connectivity index (χ1v) is 11.9. The summed E-state index contributed by atoms with van der Waals surface area (Å²) in [5.41, 5.74) is 6.85. The molecule has 37 heavy (non-hydrogen) atoms. The van der Waals surface area contributed by atoms with Crippen molar-refractivity contribution in [1.82, 2.24) is 20.9 Å². The summed E-state index contributed by atoms with van der Waals surface area (Å²) in [6.45, 7) is 5.10. The van der Waals surface area contributed by atoms with E-state index in [1.807, 2.05) is 32.0 Å². The molecule has 0 aliphatic heterocycles. The van der Waals surface area contributed by atoms with Crippen LogP contribution >= 0.6 is 0 Å². The first-order chi connectivity index (χ1) is 17.6. The molecule has 11 heteroatoms. The normalized spacial score (nSPS) is 13.1. The third-order valence-electron chi connectivity index (χ3n) is 5.34. The Morgan fingerprint density at radius 1 is 0.865 bits per heavy atom. The van der Waals surface area contributed by atoms with Crippen LogP contribution in [-0.4, -0.2) is 52.7 Å². The van der Waals surface area contributed by atoms with Gasteiger partial charge in [0.15, 0.2) is 0 Å². The van der Waals surface area contributed by atoms with Gasteiger partial charge in [-0.15, -0.1) is 0 Å². The summed E-state index contributed by atoms with van der Waals surface area (Å²) in [6.07, 6.45) is 2.61. The molecule has 4 amide bonds. The fourth-order valence-corrected chi connectivity index (χ4v) is 3.39. The van der Waals surface area contributed by atoms with E-state index in [4.69, 9.17) is 10.5 Å². The van der Waals surface area contributed by atoms with Crippen LogP contribution in [0.4, 0.5) is 4.79 Å². The smallest absolute Gasteiger partial charge is 0.408 e. The Bertz CT molecular complexity index is 1080. The number of carbonyl (C=O) groups is 5. The minimum atomic E-state index is -1.22. The Labute approximate surface area is 215 Å². The van der Waals surface area contributed by atoms with E-state index in [0.29, 0.717) is 5.56 Å². The molecule has 0 fully saturated rings. The highest BCUT2D eigenvalue weighted by Crippen LogP contribution is 2.08. The lowest BCUT2D eigenvalue weighted by Crippen LogP contribution is -2.55. The number of alkyl carbamates (subject to hydrolysis) is 1. The summed E-state index contributed by atoms with van der Waals surface area (Å²) >= 11 is 0. The third kappa shape index (κ3) is 10.1. The van der Waals surface area contributed by atoms with Gasteiger partial charge >= 0.3 is 6.09 Å². The molecule has 5 N–H and O–H groups in total. The Hall–Kier alpha value is -4.28. The molecule has 0 saturated carbocycles. The quantitative estimate of drug-likeness (QED) is 0.291. The summed E-state index contributed by atoms with van der Waals surface area (Å²) in [5.74, 6) is -3.47. The van der Waals surface area contributed by atoms with Crippen molar-refractivity contribution in [1.29, 1.82) is 0 Å². The Balaban J connectivity index is 1.95. The van der Waals surface area contributed by atoms with Crippen molar-refractivity contribution >= 4 is 29.6 Å². The number of carbonyl (C=O) groups excluding carboxylic acids is 5. The number of hydrogen-bond acceptors (Lipinski definition) is 7. The molecule has 3 atom stereocenters. The number of benzene rings is 1. The second-order valence-electron chi connectivity index (χ2n) is 8.97. The van der Waals surface area contributed by atoms with Gasteiger partial charge in [-0.3, -0.25) is 24.2 Å². The van der Waals surface area contributed by atoms with E-state index in [0.717, 1.165) is 5.56 Å². The van der Waals surface area contributed by atoms with E-state index >= 15 is 0 Å². The molecule has 0 aliphatic rings. The molecule has 0 radical (unpaired) electrons. The van der Waals surface area contributed by atoms with Gasteiger partial charge in [-0.1, -0.05) is 44.2 Å². The van der Waals surface area contributed by atoms with Gasteiger partial charge in [0, 0.05) is 18.8 Å². The number of pyridine rings is 1. The number of ketones is 1. The predicted molar refractivity (Wildman–Crippen MR) is 135 cm³/mol. The predicted octanol–water partition coefficient (Wildman–Crippen LogP) is 1.01. The Morgan fingerprint density at radius 2 is 1.51 bits per heavy atom. The molecular weight excluding hydrogens is 478 g/mol. The number of hydrogen-bond donors (Lipinski definition) is 4. The standard InChI is InChI=1S/C26H33N5O6/c1-16(2)13-21(31-26(36)37-15-19-7-5-4-6-8-19)24(34)29-17(3)22(32)25(35)30-20(23(27)33)14-18-9-11-28-12-10-18/h4-12,16-17,20-21H,13-15H2,1-3H3,(H2,27,33)(H,29,34)(H,30,35)(H,31,36)/t17?,20-,21-/m0/s1. The summed E-state index contributed by atoms with van der Waals surface area (Å²) in [6, 6.07) is 9.01. The van der Waals surface area contributed by atoms with Gasteiger partial charge in [0.1, 0.15) is 18.7 Å². The van der Waals surface area contributed by atoms with Crippen LogP contribution in [0.2, 0.25) is 0 Å². The van der Waals surface area contributed by atoms with Gasteiger partial charge in [-0.2, -0.15) is 0 Å². The van der Waals surface area contributed by atoms with Crippen molar-refractivity contribution in [2.24, 2.45) is 11.7 Å². The number of ether oxygens (including phenoxy) is 1. The Kier molecular flexibility index (Phi) is 11.2. The van der Waals surface area contributed by atoms with Crippen LogP contribution in [0.15, 0.2) is 54.9 Å². The molecule has 198 valence electrons. The highest BCUT2D eigenvalue weighted by atomic mass is 16.5. The van der Waals surface area contributed by atoms with Crippen molar-refractivity contribution in [3.63, 3.8) is 0 Å². The topological polar surface area (TPSA) is 170 Å². The second-order valence-corrected chi connectivity index (χ2v) is 8.97. The summed E-state index contributed by atoms with van der Waals surface area (Å²) < 4.78 is 5.19. The van der Waals surface area contributed by atoms with Gasteiger partial charge in [0.25, 0.3) is 5.91 Å². The van der Waals surface area contributed by atoms with Crippen LogP contribution in [0, 0.1) is 5.92 Å². The third-order valence-corrected chi connectivity index (χ3v) is 5.34. The lowest BCUT2D eigenvalue weighted by atomic mass is 10.0. The molecule has 2 aromatic rings. The molecule has 1 heterocycles. The zero-order valence-electron chi connectivity index (χ0n) is 21.1. The molecule has 1 aromatic heterocycles. The number of aromatic nitrogens is 1. The van der Waals surface area contributed by atoms with Gasteiger partial charge in [-0.25, -0.2) is 4.79 Å². The van der Waals surface area contributed by atoms with Gasteiger partial charge in [0.05, 0.1) is 6.04 Å². The molecule has 0 spiro atoms. The number of nitrogens with one attached hydrogen (secondary N) is 3. The SMILES string of the molecule is CC(C)C[C@H](NC(=O)OCc1ccccc1)C(=O)NC(C)C(=O)C(=O)N[C@@H](Cc1ccncc1)C(N)=O. The molecule has 1 aromatic carbocycles. The van der Waals surface area contributed by atoms with E-state index in [1.165, 1.54) is 19.3 Å². The molecule has 0 aliphatic carbocycles. The highest BCUT2D eigenvalue weighted by molar-refractivity contribution is 6.38. The molecule has 0 saturated heterocycles. The van der Waals surface area contributed by atoms with Gasteiger partial charge in [-0.05, 0) is 42.5 Å². The maximum absolute atomic E-state index is 12.9. The van der Waals surface area contributed by atoms with Crippen molar-refractivity contribution in [2.75, 3.05) is 0 Å². The molecule has 11 nitrogen and oxygen atoms in total. The van der Waals surface area contributed by atoms with Crippen molar-refractivity contribution in [3.8, 4) is 0 Å². The van der Waals surface area contributed by atoms with Crippen LogP contribution in [0.5, 0.6) is 0 Å². The fourth-order valence-electron chi connectivity index (χ4n) is 3.39. The first kappa shape index (κ1) is 29.0. The minimum absolute atomic E-state index is 0.0261. The summed E-state index contributed by atoms with van der Waals surface area (Å²) in [4.78, 5) is 65.9. The van der Waals surface area contributed by atoms with Crippen molar-refractivity contribution in [2.45, 2.75) is 58.3 Å². The molecular formula is C26H33N5O6. The number of Topliss-reactive ketones (excluding diaryl/α,β-unsaturated/α-hetero) is 1. The van der Waals surface area contributed by atoms with Crippen LogP contribution < -0.4 is 21.7 Å². The van der Waals surface area contributed by atoms with E-state index in [9.17, 15) is 24.0 Å². The van der Waals surface area contributed by atoms with Gasteiger partial charge in [0.2, 0.25) is 17.6 Å². The first-order valence-electron chi connectivity index (χ1n) is 11.9. The van der Waals surface area contributed by atoms with Crippen molar-refractivity contribution in [3.05, 3.63) is 66.0 Å². The number of rotatable bonds is 13. The summed E-state index contributed by atoms with van der Waals surface area (Å²) in [5, 5.41) is 7.29. The lowest BCUT2D eigenvalue weighted by molar-refractivity contribution is -0.141. The number of nitrogens with two attached hydrogens (primary N) is 1. The lowest BCUT2D eigenvalue weighted by Gasteiger charge is -2.22. The Morgan fingerprint density at radius 3 is 2.11 bits per heavy atom. The maximum atomic E-state index is 12.9. The second kappa shape index (κ2) is 14.3. The van der Waals surface area contributed by atoms with E-state index in [-0.39, 0.29) is 25.4 Å².